The number of nitrogens with zero attached hydrogens (tertiary/aromatic N) is 2. The number of methoxy groups -OCH3 is 1. The average molecular weight is 331 g/mol. The SMILES string of the molecule is COC(=O)CC(C)NC(=O)CCc1nnc(-c2ccc(C)cc2)o1. The third-order valence-corrected chi connectivity index (χ3v) is 3.44. The van der Waals surface area contributed by atoms with E-state index in [0.717, 1.165) is 11.1 Å². The summed E-state index contributed by atoms with van der Waals surface area (Å²) in [6, 6.07) is 7.47. The second-order valence-electron chi connectivity index (χ2n) is 5.62. The summed E-state index contributed by atoms with van der Waals surface area (Å²) in [5.41, 5.74) is 1.99. The van der Waals surface area contributed by atoms with Crippen molar-refractivity contribution in [2.75, 3.05) is 7.11 Å². The van der Waals surface area contributed by atoms with Crippen molar-refractivity contribution in [3.8, 4) is 11.5 Å². The molecule has 7 heteroatoms. The minimum atomic E-state index is -0.359. The van der Waals surface area contributed by atoms with Crippen LogP contribution in [0, 0.1) is 6.92 Å². The number of benzene rings is 1. The van der Waals surface area contributed by atoms with Crippen LogP contribution in [0.25, 0.3) is 11.5 Å². The molecule has 24 heavy (non-hydrogen) atoms. The van der Waals surface area contributed by atoms with Crippen LogP contribution in [0.4, 0.5) is 0 Å². The number of hydrogen-bond acceptors (Lipinski definition) is 6. The zero-order valence-corrected chi connectivity index (χ0v) is 14.0. The standard InChI is InChI=1S/C17H21N3O4/c1-11-4-6-13(7-5-11)17-20-19-15(24-17)9-8-14(21)18-12(2)10-16(22)23-3/h4-7,12H,8-10H2,1-3H3,(H,18,21). The minimum Gasteiger partial charge on any atom is -0.469 e. The van der Waals surface area contributed by atoms with Crippen molar-refractivity contribution in [1.82, 2.24) is 15.5 Å². The number of carbonyl (C=O) groups is 2. The Hall–Kier alpha value is -2.70. The van der Waals surface area contributed by atoms with Gasteiger partial charge in [-0.2, -0.15) is 0 Å². The number of ether oxygens (including phenoxy) is 1. The van der Waals surface area contributed by atoms with Crippen molar-refractivity contribution in [3.05, 3.63) is 35.7 Å². The lowest BCUT2D eigenvalue weighted by Crippen LogP contribution is -2.34. The number of aromatic nitrogens is 2. The van der Waals surface area contributed by atoms with Crippen LogP contribution in [-0.4, -0.2) is 35.2 Å². The van der Waals surface area contributed by atoms with Gasteiger partial charge in [0.05, 0.1) is 13.5 Å². The van der Waals surface area contributed by atoms with Gasteiger partial charge in [0, 0.05) is 24.4 Å². The Morgan fingerprint density at radius 1 is 1.25 bits per heavy atom. The molecule has 1 atom stereocenters. The van der Waals surface area contributed by atoms with Gasteiger partial charge in [0.15, 0.2) is 0 Å². The monoisotopic (exact) mass is 331 g/mol. The number of rotatable bonds is 7. The van der Waals surface area contributed by atoms with Crippen molar-refractivity contribution >= 4 is 11.9 Å². The predicted molar refractivity (Wildman–Crippen MR) is 87.0 cm³/mol. The van der Waals surface area contributed by atoms with Crippen molar-refractivity contribution in [1.29, 1.82) is 0 Å². The zero-order chi connectivity index (χ0) is 17.5. The quantitative estimate of drug-likeness (QED) is 0.780. The van der Waals surface area contributed by atoms with Crippen LogP contribution in [0.5, 0.6) is 0 Å². The largest absolute Gasteiger partial charge is 0.469 e. The molecule has 1 heterocycles. The van der Waals surface area contributed by atoms with Crippen molar-refractivity contribution in [2.45, 2.75) is 39.2 Å². The molecule has 0 aliphatic rings. The molecule has 0 spiro atoms. The fourth-order valence-corrected chi connectivity index (χ4v) is 2.12. The van der Waals surface area contributed by atoms with Crippen LogP contribution in [0.1, 0.15) is 31.2 Å². The molecule has 128 valence electrons. The molecular weight excluding hydrogens is 310 g/mol. The highest BCUT2D eigenvalue weighted by atomic mass is 16.5. The van der Waals surface area contributed by atoms with Crippen LogP contribution >= 0.6 is 0 Å². The van der Waals surface area contributed by atoms with E-state index < -0.39 is 0 Å². The maximum absolute atomic E-state index is 11.9. The van der Waals surface area contributed by atoms with E-state index in [0.29, 0.717) is 18.2 Å². The summed E-state index contributed by atoms with van der Waals surface area (Å²) in [6.45, 7) is 3.75. The highest BCUT2D eigenvalue weighted by molar-refractivity contribution is 5.77. The summed E-state index contributed by atoms with van der Waals surface area (Å²) in [6.07, 6.45) is 0.692. The van der Waals surface area contributed by atoms with Gasteiger partial charge in [-0.05, 0) is 26.0 Å². The van der Waals surface area contributed by atoms with Crippen LogP contribution < -0.4 is 5.32 Å². The molecular formula is C17H21N3O4. The Bertz CT molecular complexity index is 694. The third-order valence-electron chi connectivity index (χ3n) is 3.44. The number of esters is 1. The fraction of sp³-hybridized carbons (Fsp3) is 0.412. The third kappa shape index (κ3) is 5.19. The van der Waals surface area contributed by atoms with Gasteiger partial charge in [-0.15, -0.1) is 10.2 Å². The molecule has 0 saturated heterocycles. The van der Waals surface area contributed by atoms with Crippen molar-refractivity contribution < 1.29 is 18.7 Å². The molecule has 1 aromatic heterocycles. The van der Waals surface area contributed by atoms with Crippen LogP contribution in [0.2, 0.25) is 0 Å². The second-order valence-corrected chi connectivity index (χ2v) is 5.62. The summed E-state index contributed by atoms with van der Waals surface area (Å²) >= 11 is 0. The lowest BCUT2D eigenvalue weighted by atomic mass is 10.1. The Kier molecular flexibility index (Phi) is 6.06. The minimum absolute atomic E-state index is 0.139. The van der Waals surface area contributed by atoms with Gasteiger partial charge in [0.25, 0.3) is 0 Å². The molecule has 0 fully saturated rings. The summed E-state index contributed by atoms with van der Waals surface area (Å²) in [4.78, 5) is 23.0. The number of aryl methyl sites for hydroxylation is 2. The Morgan fingerprint density at radius 3 is 2.62 bits per heavy atom. The lowest BCUT2D eigenvalue weighted by molar-refractivity contribution is -0.141. The highest BCUT2D eigenvalue weighted by Crippen LogP contribution is 2.18. The number of hydrogen-bond donors (Lipinski definition) is 1. The molecule has 0 saturated carbocycles. The number of amides is 1. The van der Waals surface area contributed by atoms with Crippen molar-refractivity contribution in [3.63, 3.8) is 0 Å². The van der Waals surface area contributed by atoms with E-state index in [2.05, 4.69) is 20.3 Å². The molecule has 1 amide bonds. The van der Waals surface area contributed by atoms with E-state index in [1.807, 2.05) is 31.2 Å². The van der Waals surface area contributed by atoms with Crippen LogP contribution in [0.15, 0.2) is 28.7 Å². The molecule has 2 aromatic rings. The molecule has 7 nitrogen and oxygen atoms in total. The summed E-state index contributed by atoms with van der Waals surface area (Å²) in [5, 5.41) is 10.7. The van der Waals surface area contributed by atoms with Gasteiger partial charge in [-0.25, -0.2) is 0 Å². The molecule has 0 aliphatic heterocycles. The van der Waals surface area contributed by atoms with E-state index >= 15 is 0 Å². The normalized spacial score (nSPS) is 11.8. The second kappa shape index (κ2) is 8.24. The fourth-order valence-electron chi connectivity index (χ4n) is 2.12. The van der Waals surface area contributed by atoms with E-state index in [4.69, 9.17) is 4.42 Å². The zero-order valence-electron chi connectivity index (χ0n) is 14.0. The Morgan fingerprint density at radius 2 is 1.96 bits per heavy atom. The molecule has 1 unspecified atom stereocenters. The maximum atomic E-state index is 11.9. The van der Waals surface area contributed by atoms with Gasteiger partial charge in [0.1, 0.15) is 0 Å². The molecule has 1 aromatic carbocycles. The Labute approximate surface area is 140 Å². The molecule has 0 bridgehead atoms. The summed E-state index contributed by atoms with van der Waals surface area (Å²) < 4.78 is 10.1. The Balaban J connectivity index is 1.83. The van der Waals surface area contributed by atoms with Crippen LogP contribution in [0.3, 0.4) is 0 Å². The highest BCUT2D eigenvalue weighted by Gasteiger charge is 2.14. The van der Waals surface area contributed by atoms with E-state index in [1.165, 1.54) is 7.11 Å². The first-order chi connectivity index (χ1) is 11.5. The smallest absolute Gasteiger partial charge is 0.307 e. The summed E-state index contributed by atoms with van der Waals surface area (Å²) in [7, 11) is 1.32. The van der Waals surface area contributed by atoms with Crippen molar-refractivity contribution in [2.24, 2.45) is 0 Å². The molecule has 0 aliphatic carbocycles. The van der Waals surface area contributed by atoms with Gasteiger partial charge in [-0.1, -0.05) is 17.7 Å². The van der Waals surface area contributed by atoms with Crippen LogP contribution in [-0.2, 0) is 20.7 Å². The average Bonchev–Trinajstić information content (AvgIpc) is 3.02. The van der Waals surface area contributed by atoms with Gasteiger partial charge >= 0.3 is 5.97 Å². The predicted octanol–water partition coefficient (Wildman–Crippen LogP) is 2.05. The van der Waals surface area contributed by atoms with E-state index in [1.54, 1.807) is 6.92 Å². The topological polar surface area (TPSA) is 94.3 Å². The number of carbonyl (C=O) groups excluding carboxylic acids is 2. The van der Waals surface area contributed by atoms with Gasteiger partial charge in [0.2, 0.25) is 17.7 Å². The van der Waals surface area contributed by atoms with E-state index in [-0.39, 0.29) is 30.8 Å². The lowest BCUT2D eigenvalue weighted by Gasteiger charge is -2.11. The molecule has 2 rings (SSSR count). The van der Waals surface area contributed by atoms with Gasteiger partial charge in [-0.3, -0.25) is 9.59 Å². The first kappa shape index (κ1) is 17.7. The molecule has 0 radical (unpaired) electrons. The maximum Gasteiger partial charge on any atom is 0.307 e. The first-order valence-corrected chi connectivity index (χ1v) is 7.73. The van der Waals surface area contributed by atoms with E-state index in [9.17, 15) is 9.59 Å². The number of nitrogens with one attached hydrogen (secondary N) is 1. The first-order valence-electron chi connectivity index (χ1n) is 7.73. The summed E-state index contributed by atoms with van der Waals surface area (Å²) in [5.74, 6) is 0.301. The molecule has 1 N–H and O–H groups in total. The van der Waals surface area contributed by atoms with Gasteiger partial charge < -0.3 is 14.5 Å².